The lowest BCUT2D eigenvalue weighted by Gasteiger charge is -2.35. The number of rotatable bonds is 7. The summed E-state index contributed by atoms with van der Waals surface area (Å²) in [4.78, 5) is 9.53. The minimum atomic E-state index is 0.462. The van der Waals surface area contributed by atoms with Crippen LogP contribution in [0.5, 0.6) is 0 Å². The molecule has 0 aromatic rings. The third-order valence-electron chi connectivity index (χ3n) is 6.99. The van der Waals surface area contributed by atoms with Crippen LogP contribution in [0.25, 0.3) is 0 Å². The normalized spacial score (nSPS) is 24.7. The molecule has 3 rings (SSSR count). The molecule has 0 radical (unpaired) electrons. The van der Waals surface area contributed by atoms with E-state index in [-0.39, 0.29) is 0 Å². The van der Waals surface area contributed by atoms with Crippen LogP contribution >= 0.6 is 0 Å². The maximum atomic E-state index is 6.22. The second-order valence-corrected chi connectivity index (χ2v) is 8.81. The summed E-state index contributed by atoms with van der Waals surface area (Å²) < 4.78 is 6.22. The lowest BCUT2D eigenvalue weighted by molar-refractivity contribution is 0.00101. The molecule has 0 unspecified atom stereocenters. The Hall–Kier alpha value is -0.810. The first-order valence-corrected chi connectivity index (χ1v) is 11.6. The molecular weight excluding hydrogens is 336 g/mol. The second-order valence-electron chi connectivity index (χ2n) is 8.81. The lowest BCUT2D eigenvalue weighted by Crippen LogP contribution is -2.47. The fourth-order valence-corrected chi connectivity index (χ4v) is 5.00. The van der Waals surface area contributed by atoms with Crippen LogP contribution in [0.4, 0.5) is 0 Å². The van der Waals surface area contributed by atoms with Crippen LogP contribution in [0, 0.1) is 11.8 Å². The van der Waals surface area contributed by atoms with Crippen LogP contribution in [0.15, 0.2) is 4.99 Å². The van der Waals surface area contributed by atoms with Crippen LogP contribution in [0.2, 0.25) is 0 Å². The van der Waals surface area contributed by atoms with Crippen LogP contribution in [-0.4, -0.2) is 74.8 Å². The number of hydrogen-bond donors (Lipinski definition) is 1. The minimum Gasteiger partial charge on any atom is -0.378 e. The number of aliphatic imine (C=N–C) groups is 1. The third-order valence-corrected chi connectivity index (χ3v) is 6.99. The van der Waals surface area contributed by atoms with Crippen molar-refractivity contribution in [2.45, 2.75) is 70.8 Å². The molecule has 5 heteroatoms. The predicted molar refractivity (Wildman–Crippen MR) is 113 cm³/mol. The largest absolute Gasteiger partial charge is 0.378 e. The molecule has 1 N–H and O–H groups in total. The van der Waals surface area contributed by atoms with Crippen LogP contribution in [0.3, 0.4) is 0 Å². The van der Waals surface area contributed by atoms with Gasteiger partial charge in [0, 0.05) is 33.3 Å². The fourth-order valence-electron chi connectivity index (χ4n) is 5.00. The number of guanidine groups is 1. The summed E-state index contributed by atoms with van der Waals surface area (Å²) in [6.45, 7) is 10.2. The number of nitrogens with one attached hydrogen (secondary N) is 1. The van der Waals surface area contributed by atoms with E-state index in [1.807, 2.05) is 7.05 Å². The standard InChI is InChI=1S/C22H42N4O/c1-3-25-14-9-19(10-15-25)8-13-24-22(23-2)26-16-11-21(12-17-26)27-18-20-6-4-5-7-20/h19-21H,3-18H2,1-2H3,(H,23,24). The van der Waals surface area contributed by atoms with Crippen molar-refractivity contribution in [3.05, 3.63) is 0 Å². The zero-order valence-electron chi connectivity index (χ0n) is 17.8. The van der Waals surface area contributed by atoms with Gasteiger partial charge in [-0.05, 0) is 76.4 Å². The topological polar surface area (TPSA) is 40.1 Å². The number of piperidine rings is 2. The van der Waals surface area contributed by atoms with Gasteiger partial charge in [0.2, 0.25) is 0 Å². The smallest absolute Gasteiger partial charge is 0.193 e. The summed E-state index contributed by atoms with van der Waals surface area (Å²) in [6, 6.07) is 0. The molecule has 0 aromatic heterocycles. The highest BCUT2D eigenvalue weighted by Gasteiger charge is 2.24. The monoisotopic (exact) mass is 378 g/mol. The first kappa shape index (κ1) is 20.9. The first-order chi connectivity index (χ1) is 13.3. The molecule has 5 nitrogen and oxygen atoms in total. The van der Waals surface area contributed by atoms with Crippen molar-refractivity contribution in [2.75, 3.05) is 52.9 Å². The Labute approximate surface area is 166 Å². The average molecular weight is 379 g/mol. The molecule has 1 saturated carbocycles. The van der Waals surface area contributed by atoms with Crippen molar-refractivity contribution < 1.29 is 4.74 Å². The molecule has 0 aromatic carbocycles. The average Bonchev–Trinajstić information content (AvgIpc) is 3.24. The van der Waals surface area contributed by atoms with Gasteiger partial charge < -0.3 is 19.9 Å². The van der Waals surface area contributed by atoms with E-state index in [1.54, 1.807) is 0 Å². The van der Waals surface area contributed by atoms with Crippen LogP contribution in [-0.2, 0) is 4.74 Å². The Bertz CT molecular complexity index is 434. The molecule has 27 heavy (non-hydrogen) atoms. The quantitative estimate of drug-likeness (QED) is 0.545. The molecule has 0 atom stereocenters. The van der Waals surface area contributed by atoms with E-state index in [2.05, 4.69) is 27.0 Å². The minimum absolute atomic E-state index is 0.462. The summed E-state index contributed by atoms with van der Waals surface area (Å²) >= 11 is 0. The van der Waals surface area contributed by atoms with Crippen molar-refractivity contribution in [1.82, 2.24) is 15.1 Å². The van der Waals surface area contributed by atoms with Crippen molar-refractivity contribution >= 4 is 5.96 Å². The van der Waals surface area contributed by atoms with Crippen molar-refractivity contribution in [2.24, 2.45) is 16.8 Å². The Kier molecular flexibility index (Phi) is 8.72. The molecule has 2 aliphatic heterocycles. The van der Waals surface area contributed by atoms with Crippen LogP contribution < -0.4 is 5.32 Å². The Balaban J connectivity index is 1.29. The molecule has 3 aliphatic rings. The summed E-state index contributed by atoms with van der Waals surface area (Å²) in [5.74, 6) is 2.81. The van der Waals surface area contributed by atoms with E-state index in [9.17, 15) is 0 Å². The maximum Gasteiger partial charge on any atom is 0.193 e. The summed E-state index contributed by atoms with van der Waals surface area (Å²) in [6.07, 6.45) is 12.3. The third kappa shape index (κ3) is 6.63. The SMILES string of the molecule is CCN1CCC(CCNC(=NC)N2CCC(OCC3CCCC3)CC2)CC1. The molecule has 2 saturated heterocycles. The highest BCUT2D eigenvalue weighted by atomic mass is 16.5. The number of nitrogens with zero attached hydrogens (tertiary/aromatic N) is 3. The molecule has 0 spiro atoms. The molecule has 2 heterocycles. The van der Waals surface area contributed by atoms with E-state index < -0.39 is 0 Å². The molecule has 0 bridgehead atoms. The predicted octanol–water partition coefficient (Wildman–Crippen LogP) is 3.36. The number of hydrogen-bond acceptors (Lipinski definition) is 3. The van der Waals surface area contributed by atoms with Gasteiger partial charge in [-0.1, -0.05) is 19.8 Å². The van der Waals surface area contributed by atoms with E-state index in [0.29, 0.717) is 6.10 Å². The van der Waals surface area contributed by atoms with Crippen molar-refractivity contribution in [3.63, 3.8) is 0 Å². The van der Waals surface area contributed by atoms with Gasteiger partial charge in [-0.25, -0.2) is 0 Å². The van der Waals surface area contributed by atoms with Crippen molar-refractivity contribution in [1.29, 1.82) is 0 Å². The highest BCUT2D eigenvalue weighted by molar-refractivity contribution is 5.79. The van der Waals surface area contributed by atoms with Gasteiger partial charge in [-0.2, -0.15) is 0 Å². The van der Waals surface area contributed by atoms with Gasteiger partial charge in [0.05, 0.1) is 6.10 Å². The molecule has 156 valence electrons. The molecule has 3 fully saturated rings. The van der Waals surface area contributed by atoms with E-state index in [0.717, 1.165) is 56.9 Å². The summed E-state index contributed by atoms with van der Waals surface area (Å²) in [7, 11) is 1.92. The summed E-state index contributed by atoms with van der Waals surface area (Å²) in [5.41, 5.74) is 0. The fraction of sp³-hybridized carbons (Fsp3) is 0.955. The van der Waals surface area contributed by atoms with E-state index >= 15 is 0 Å². The Morgan fingerprint density at radius 1 is 0.963 bits per heavy atom. The highest BCUT2D eigenvalue weighted by Crippen LogP contribution is 2.26. The van der Waals surface area contributed by atoms with Crippen LogP contribution in [0.1, 0.15) is 64.7 Å². The first-order valence-electron chi connectivity index (χ1n) is 11.6. The number of ether oxygens (including phenoxy) is 1. The van der Waals surface area contributed by atoms with Gasteiger partial charge in [0.25, 0.3) is 0 Å². The van der Waals surface area contributed by atoms with Gasteiger partial charge in [0.1, 0.15) is 0 Å². The zero-order chi connectivity index (χ0) is 18.9. The Morgan fingerprint density at radius 2 is 1.67 bits per heavy atom. The maximum absolute atomic E-state index is 6.22. The van der Waals surface area contributed by atoms with Gasteiger partial charge in [0.15, 0.2) is 5.96 Å². The second kappa shape index (κ2) is 11.3. The lowest BCUT2D eigenvalue weighted by atomic mass is 9.93. The van der Waals surface area contributed by atoms with E-state index in [1.165, 1.54) is 64.6 Å². The molecular formula is C22H42N4O. The zero-order valence-corrected chi connectivity index (χ0v) is 17.8. The van der Waals surface area contributed by atoms with Gasteiger partial charge in [-0.3, -0.25) is 4.99 Å². The number of likely N-dealkylation sites (tertiary alicyclic amines) is 2. The van der Waals surface area contributed by atoms with Crippen molar-refractivity contribution in [3.8, 4) is 0 Å². The Morgan fingerprint density at radius 3 is 2.30 bits per heavy atom. The molecule has 0 amide bonds. The summed E-state index contributed by atoms with van der Waals surface area (Å²) in [5, 5.41) is 3.62. The van der Waals surface area contributed by atoms with Gasteiger partial charge >= 0.3 is 0 Å². The van der Waals surface area contributed by atoms with E-state index in [4.69, 9.17) is 4.74 Å². The molecule has 1 aliphatic carbocycles. The van der Waals surface area contributed by atoms with Gasteiger partial charge in [-0.15, -0.1) is 0 Å².